The lowest BCUT2D eigenvalue weighted by atomic mass is 10.1. The number of oxime groups is 1. The van der Waals surface area contributed by atoms with Crippen LogP contribution in [0.25, 0.3) is 0 Å². The zero-order chi connectivity index (χ0) is 19.3. The van der Waals surface area contributed by atoms with Gasteiger partial charge in [0.05, 0.1) is 12.8 Å². The lowest BCUT2D eigenvalue weighted by molar-refractivity contribution is -0.112. The third-order valence-corrected chi connectivity index (χ3v) is 4.26. The zero-order valence-electron chi connectivity index (χ0n) is 14.8. The first-order valence-electron chi connectivity index (χ1n) is 8.74. The molecule has 0 saturated carbocycles. The molecular weight excluding hydrogens is 364 g/mol. The van der Waals surface area contributed by atoms with Crippen LogP contribution in [0.2, 0.25) is 0 Å². The van der Waals surface area contributed by atoms with Crippen LogP contribution in [0, 0.1) is 11.6 Å². The van der Waals surface area contributed by atoms with Gasteiger partial charge in [-0.1, -0.05) is 47.6 Å². The molecule has 0 aromatic heterocycles. The molecule has 0 amide bonds. The molecule has 3 aromatic rings. The maximum atomic E-state index is 13.9. The van der Waals surface area contributed by atoms with E-state index in [1.54, 1.807) is 12.1 Å². The molecule has 1 aliphatic heterocycles. The Kier molecular flexibility index (Phi) is 5.30. The smallest absolute Gasteiger partial charge is 0.227 e. The predicted octanol–water partition coefficient (Wildman–Crippen LogP) is 5.12. The van der Waals surface area contributed by atoms with Gasteiger partial charge in [-0.2, -0.15) is 0 Å². The lowest BCUT2D eigenvalue weighted by Crippen LogP contribution is -2.19. The van der Waals surface area contributed by atoms with Gasteiger partial charge in [-0.3, -0.25) is 0 Å². The Morgan fingerprint density at radius 1 is 1.00 bits per heavy atom. The summed E-state index contributed by atoms with van der Waals surface area (Å²) in [5, 5.41) is 3.87. The van der Waals surface area contributed by atoms with Crippen LogP contribution in [0.4, 0.5) is 8.78 Å². The van der Waals surface area contributed by atoms with Gasteiger partial charge < -0.3 is 14.3 Å². The monoisotopic (exact) mass is 381 g/mol. The van der Waals surface area contributed by atoms with Crippen LogP contribution in [0.15, 0.2) is 71.9 Å². The Balaban J connectivity index is 1.48. The molecule has 0 aliphatic carbocycles. The summed E-state index contributed by atoms with van der Waals surface area (Å²) in [6, 6.07) is 18.1. The quantitative estimate of drug-likeness (QED) is 0.455. The number of hydrogen-bond acceptors (Lipinski definition) is 4. The first kappa shape index (κ1) is 18.1. The van der Waals surface area contributed by atoms with Gasteiger partial charge in [0.15, 0.2) is 0 Å². The fraction of sp³-hybridized carbons (Fsp3) is 0.136. The van der Waals surface area contributed by atoms with Crippen LogP contribution in [-0.4, -0.2) is 6.21 Å². The van der Waals surface area contributed by atoms with Gasteiger partial charge in [-0.25, -0.2) is 8.78 Å². The summed E-state index contributed by atoms with van der Waals surface area (Å²) in [5.41, 5.74) is 2.72. The molecule has 3 aromatic carbocycles. The second kappa shape index (κ2) is 8.19. The molecule has 0 spiro atoms. The first-order valence-corrected chi connectivity index (χ1v) is 8.74. The molecule has 1 aliphatic rings. The molecule has 0 saturated heterocycles. The molecule has 28 heavy (non-hydrogen) atoms. The van der Waals surface area contributed by atoms with E-state index < -0.39 is 12.1 Å². The second-order valence-corrected chi connectivity index (χ2v) is 6.28. The maximum absolute atomic E-state index is 13.9. The molecule has 0 radical (unpaired) electrons. The van der Waals surface area contributed by atoms with Gasteiger partial charge in [-0.05, 0) is 29.8 Å². The van der Waals surface area contributed by atoms with Crippen LogP contribution in [0.1, 0.15) is 28.5 Å². The SMILES string of the molecule is Fc1ccc(/C=N\OCc2cc(F)cc3c2O[C@H](c2ccccc2)OC3)cc1. The van der Waals surface area contributed by atoms with E-state index in [0.29, 0.717) is 22.4 Å². The Bertz CT molecular complexity index is 975. The molecule has 4 nitrogen and oxygen atoms in total. The van der Waals surface area contributed by atoms with Crippen molar-refractivity contribution in [1.29, 1.82) is 0 Å². The fourth-order valence-electron chi connectivity index (χ4n) is 2.91. The Morgan fingerprint density at radius 2 is 1.79 bits per heavy atom. The van der Waals surface area contributed by atoms with Crippen LogP contribution < -0.4 is 4.74 Å². The maximum Gasteiger partial charge on any atom is 0.227 e. The Morgan fingerprint density at radius 3 is 2.57 bits per heavy atom. The average Bonchev–Trinajstić information content (AvgIpc) is 2.72. The summed E-state index contributed by atoms with van der Waals surface area (Å²) in [7, 11) is 0. The van der Waals surface area contributed by atoms with Crippen LogP contribution in [0.3, 0.4) is 0 Å². The molecule has 0 bridgehead atoms. The molecule has 4 rings (SSSR count). The van der Waals surface area contributed by atoms with Gasteiger partial charge >= 0.3 is 0 Å². The minimum absolute atomic E-state index is 0.0271. The van der Waals surface area contributed by atoms with Crippen molar-refractivity contribution in [3.8, 4) is 5.75 Å². The van der Waals surface area contributed by atoms with E-state index in [-0.39, 0.29) is 19.0 Å². The normalized spacial score (nSPS) is 15.9. The van der Waals surface area contributed by atoms with Crippen molar-refractivity contribution in [3.05, 3.63) is 101 Å². The number of ether oxygens (including phenoxy) is 2. The summed E-state index contributed by atoms with van der Waals surface area (Å²) in [5.74, 6) is -0.180. The van der Waals surface area contributed by atoms with E-state index in [2.05, 4.69) is 5.16 Å². The summed E-state index contributed by atoms with van der Waals surface area (Å²) in [4.78, 5) is 5.30. The number of rotatable bonds is 5. The highest BCUT2D eigenvalue weighted by Crippen LogP contribution is 2.36. The van der Waals surface area contributed by atoms with Crippen LogP contribution in [0.5, 0.6) is 5.75 Å². The summed E-state index contributed by atoms with van der Waals surface area (Å²) in [6.07, 6.45) is 0.891. The molecule has 6 heteroatoms. The minimum Gasteiger partial charge on any atom is -0.460 e. The van der Waals surface area contributed by atoms with Crippen molar-refractivity contribution in [2.24, 2.45) is 5.16 Å². The average molecular weight is 381 g/mol. The van der Waals surface area contributed by atoms with E-state index >= 15 is 0 Å². The molecule has 0 fully saturated rings. The highest BCUT2D eigenvalue weighted by Gasteiger charge is 2.25. The molecule has 0 unspecified atom stereocenters. The Labute approximate surface area is 161 Å². The molecule has 1 atom stereocenters. The van der Waals surface area contributed by atoms with E-state index in [1.165, 1.54) is 30.5 Å². The standard InChI is InChI=1S/C22H17F2NO3/c23-19-8-6-15(7-9-19)12-25-27-14-18-11-20(24)10-17-13-26-22(28-21(17)18)16-4-2-1-3-5-16/h1-12,22H,13-14H2/b25-12-/t22-/m1/s1. The van der Waals surface area contributed by atoms with E-state index in [9.17, 15) is 8.78 Å². The third kappa shape index (κ3) is 4.18. The summed E-state index contributed by atoms with van der Waals surface area (Å²) >= 11 is 0. The molecule has 142 valence electrons. The summed E-state index contributed by atoms with van der Waals surface area (Å²) in [6.45, 7) is 0.262. The van der Waals surface area contributed by atoms with E-state index in [1.807, 2.05) is 30.3 Å². The largest absolute Gasteiger partial charge is 0.460 e. The lowest BCUT2D eigenvalue weighted by Gasteiger charge is -2.28. The first-order chi connectivity index (χ1) is 13.7. The van der Waals surface area contributed by atoms with Crippen molar-refractivity contribution in [2.45, 2.75) is 19.5 Å². The van der Waals surface area contributed by atoms with Crippen LogP contribution in [-0.2, 0) is 22.8 Å². The predicted molar refractivity (Wildman–Crippen MR) is 99.8 cm³/mol. The molecule has 0 N–H and O–H groups in total. The zero-order valence-corrected chi connectivity index (χ0v) is 14.8. The highest BCUT2D eigenvalue weighted by atomic mass is 19.1. The van der Waals surface area contributed by atoms with Crippen molar-refractivity contribution < 1.29 is 23.1 Å². The van der Waals surface area contributed by atoms with Gasteiger partial charge in [0.25, 0.3) is 0 Å². The van der Waals surface area contributed by atoms with Crippen molar-refractivity contribution in [2.75, 3.05) is 0 Å². The number of nitrogens with zero attached hydrogens (tertiary/aromatic N) is 1. The second-order valence-electron chi connectivity index (χ2n) is 6.28. The van der Waals surface area contributed by atoms with Gasteiger partial charge in [-0.15, -0.1) is 0 Å². The number of hydrogen-bond donors (Lipinski definition) is 0. The van der Waals surface area contributed by atoms with Crippen molar-refractivity contribution in [3.63, 3.8) is 0 Å². The van der Waals surface area contributed by atoms with Crippen molar-refractivity contribution in [1.82, 2.24) is 0 Å². The molecule has 1 heterocycles. The minimum atomic E-state index is -0.569. The van der Waals surface area contributed by atoms with E-state index in [4.69, 9.17) is 14.3 Å². The highest BCUT2D eigenvalue weighted by molar-refractivity contribution is 5.78. The Hall–Kier alpha value is -3.25. The topological polar surface area (TPSA) is 40.0 Å². The molecular formula is C22H17F2NO3. The van der Waals surface area contributed by atoms with Gasteiger partial charge in [0.2, 0.25) is 6.29 Å². The number of benzene rings is 3. The van der Waals surface area contributed by atoms with Gasteiger partial charge in [0, 0.05) is 16.7 Å². The summed E-state index contributed by atoms with van der Waals surface area (Å²) < 4.78 is 38.5. The van der Waals surface area contributed by atoms with Gasteiger partial charge in [0.1, 0.15) is 24.0 Å². The fourth-order valence-corrected chi connectivity index (χ4v) is 2.91. The van der Waals surface area contributed by atoms with Crippen LogP contribution >= 0.6 is 0 Å². The van der Waals surface area contributed by atoms with Crippen molar-refractivity contribution >= 4 is 6.21 Å². The third-order valence-electron chi connectivity index (χ3n) is 4.26. The number of fused-ring (bicyclic) bond motifs is 1. The van der Waals surface area contributed by atoms with E-state index in [0.717, 1.165) is 5.56 Å². The number of halogens is 2.